The van der Waals surface area contributed by atoms with Crippen LogP contribution in [0.3, 0.4) is 0 Å². The molecule has 0 fully saturated rings. The maximum Gasteiger partial charge on any atom is 0.311 e. The molecule has 0 saturated carbocycles. The average molecular weight is 359 g/mol. The van der Waals surface area contributed by atoms with Crippen molar-refractivity contribution >= 4 is 22.8 Å². The van der Waals surface area contributed by atoms with Crippen LogP contribution in [-0.4, -0.2) is 37.1 Å². The highest BCUT2D eigenvalue weighted by Gasteiger charge is 2.18. The minimum absolute atomic E-state index is 0.0754. The fourth-order valence-electron chi connectivity index (χ4n) is 2.83. The first kappa shape index (κ1) is 17.6. The van der Waals surface area contributed by atoms with Gasteiger partial charge in [0.05, 0.1) is 12.5 Å². The number of hydrogen-bond acceptors (Lipinski definition) is 4. The molecular weight excluding hydrogens is 341 g/mol. The van der Waals surface area contributed by atoms with Crippen molar-refractivity contribution in [2.75, 3.05) is 0 Å². The lowest BCUT2D eigenvalue weighted by atomic mass is 10.1. The van der Waals surface area contributed by atoms with E-state index in [0.717, 1.165) is 16.8 Å². The summed E-state index contributed by atoms with van der Waals surface area (Å²) in [5.74, 6) is -1.13. The summed E-state index contributed by atoms with van der Waals surface area (Å²) in [5.41, 5.74) is 2.30. The molecule has 0 aliphatic heterocycles. The number of carboxylic acid groups (broad SMARTS) is 1. The summed E-state index contributed by atoms with van der Waals surface area (Å²) in [6.45, 7) is 3.53. The first-order valence-corrected chi connectivity index (χ1v) is 8.02. The lowest BCUT2D eigenvalue weighted by Gasteiger charge is -2.10. The number of aromatic amines is 2. The van der Waals surface area contributed by atoms with E-state index >= 15 is 0 Å². The molecule has 0 bridgehead atoms. The van der Waals surface area contributed by atoms with Crippen LogP contribution in [0.25, 0.3) is 10.9 Å². The lowest BCUT2D eigenvalue weighted by molar-refractivity contribution is -0.136. The van der Waals surface area contributed by atoms with Crippen LogP contribution in [-0.2, 0) is 22.4 Å². The maximum absolute atomic E-state index is 13.5. The van der Waals surface area contributed by atoms with E-state index in [2.05, 4.69) is 25.5 Å². The zero-order chi connectivity index (χ0) is 18.8. The van der Waals surface area contributed by atoms with Crippen molar-refractivity contribution < 1.29 is 19.1 Å². The van der Waals surface area contributed by atoms with Crippen LogP contribution >= 0.6 is 0 Å². The number of aliphatic carboxylic acids is 1. The Bertz CT molecular complexity index is 978. The number of aryl methyl sites for hydroxylation is 1. The number of rotatable bonds is 6. The Balaban J connectivity index is 1.71. The summed E-state index contributed by atoms with van der Waals surface area (Å²) in [5, 5.41) is 18.7. The van der Waals surface area contributed by atoms with Crippen molar-refractivity contribution in [1.82, 2.24) is 25.5 Å². The molecule has 2 heterocycles. The van der Waals surface area contributed by atoms with E-state index in [0.29, 0.717) is 11.2 Å². The summed E-state index contributed by atoms with van der Waals surface area (Å²) in [4.78, 5) is 30.3. The van der Waals surface area contributed by atoms with Gasteiger partial charge in [-0.2, -0.15) is 5.10 Å². The Morgan fingerprint density at radius 1 is 1.35 bits per heavy atom. The van der Waals surface area contributed by atoms with E-state index in [4.69, 9.17) is 5.11 Å². The Labute approximate surface area is 147 Å². The molecule has 0 aliphatic rings. The van der Waals surface area contributed by atoms with Gasteiger partial charge in [-0.1, -0.05) is 0 Å². The van der Waals surface area contributed by atoms with E-state index in [1.165, 1.54) is 12.1 Å². The summed E-state index contributed by atoms with van der Waals surface area (Å²) in [6, 6.07) is 3.91. The number of carbonyl (C=O) groups is 2. The molecular formula is C17H18FN5O3. The molecule has 1 atom stereocenters. The molecule has 0 saturated heterocycles. The lowest BCUT2D eigenvalue weighted by Crippen LogP contribution is -2.29. The van der Waals surface area contributed by atoms with Gasteiger partial charge in [0, 0.05) is 16.6 Å². The molecule has 8 nitrogen and oxygen atoms in total. The number of carboxylic acids is 1. The molecule has 3 rings (SSSR count). The van der Waals surface area contributed by atoms with Crippen LogP contribution in [0, 0.1) is 12.7 Å². The van der Waals surface area contributed by atoms with Crippen molar-refractivity contribution in [3.8, 4) is 0 Å². The van der Waals surface area contributed by atoms with Gasteiger partial charge in [-0.3, -0.25) is 14.7 Å². The van der Waals surface area contributed by atoms with Crippen LogP contribution in [0.15, 0.2) is 18.2 Å². The number of hydrogen-bond donors (Lipinski definition) is 4. The second kappa shape index (κ2) is 6.95. The summed E-state index contributed by atoms with van der Waals surface area (Å²) < 4.78 is 13.5. The Kier molecular flexibility index (Phi) is 4.70. The zero-order valence-electron chi connectivity index (χ0n) is 14.3. The molecule has 1 amide bonds. The molecule has 2 aromatic heterocycles. The number of nitrogens with zero attached hydrogens (tertiary/aromatic N) is 2. The monoisotopic (exact) mass is 359 g/mol. The Hall–Kier alpha value is -3.23. The number of aromatic nitrogens is 4. The number of carbonyl (C=O) groups excluding carboxylic acids is 1. The first-order valence-electron chi connectivity index (χ1n) is 8.02. The van der Waals surface area contributed by atoms with E-state index in [1.807, 2.05) is 6.92 Å². The highest BCUT2D eigenvalue weighted by molar-refractivity contribution is 5.90. The molecule has 26 heavy (non-hydrogen) atoms. The van der Waals surface area contributed by atoms with E-state index in [-0.39, 0.29) is 30.4 Å². The smallest absolute Gasteiger partial charge is 0.311 e. The zero-order valence-corrected chi connectivity index (χ0v) is 14.3. The second-order valence-corrected chi connectivity index (χ2v) is 6.10. The molecule has 3 aromatic rings. The van der Waals surface area contributed by atoms with Crippen molar-refractivity contribution in [2.45, 2.75) is 32.7 Å². The number of H-pyrrole nitrogens is 2. The third kappa shape index (κ3) is 3.71. The largest absolute Gasteiger partial charge is 0.481 e. The van der Waals surface area contributed by atoms with Gasteiger partial charge in [-0.25, -0.2) is 9.37 Å². The molecule has 0 radical (unpaired) electrons. The summed E-state index contributed by atoms with van der Waals surface area (Å²) in [6.07, 6.45) is -0.195. The van der Waals surface area contributed by atoms with Gasteiger partial charge in [0.15, 0.2) is 5.82 Å². The van der Waals surface area contributed by atoms with Gasteiger partial charge in [-0.05, 0) is 37.6 Å². The van der Waals surface area contributed by atoms with Crippen LogP contribution in [0.2, 0.25) is 0 Å². The average Bonchev–Trinajstić information content (AvgIpc) is 3.12. The van der Waals surface area contributed by atoms with E-state index < -0.39 is 12.0 Å². The third-order valence-corrected chi connectivity index (χ3v) is 4.05. The molecule has 9 heteroatoms. The molecule has 136 valence electrons. The highest BCUT2D eigenvalue weighted by Crippen LogP contribution is 2.23. The second-order valence-electron chi connectivity index (χ2n) is 6.10. The number of halogens is 1. The quantitative estimate of drug-likeness (QED) is 0.534. The SMILES string of the molecule is Cc1[nH]c2ccc(F)cc2c1CC(=O)NC(C)c1n[nH]c(CC(=O)O)n1. The standard InChI is InChI=1S/C17H18FN5O3/c1-8-11(12-5-10(18)3-4-13(12)19-8)6-15(24)20-9(2)17-21-14(22-23-17)7-16(25)26/h3-5,9,19H,6-7H2,1-2H3,(H,20,24)(H,25,26)(H,21,22,23). The number of fused-ring (bicyclic) bond motifs is 1. The third-order valence-electron chi connectivity index (χ3n) is 4.05. The predicted molar refractivity (Wildman–Crippen MR) is 91.0 cm³/mol. The minimum Gasteiger partial charge on any atom is -0.481 e. The number of amides is 1. The van der Waals surface area contributed by atoms with E-state index in [1.54, 1.807) is 13.0 Å². The van der Waals surface area contributed by atoms with Crippen LogP contribution in [0.5, 0.6) is 0 Å². The van der Waals surface area contributed by atoms with Gasteiger partial charge in [0.1, 0.15) is 18.1 Å². The van der Waals surface area contributed by atoms with Crippen molar-refractivity contribution in [3.63, 3.8) is 0 Å². The Morgan fingerprint density at radius 2 is 2.12 bits per heavy atom. The van der Waals surface area contributed by atoms with Gasteiger partial charge < -0.3 is 15.4 Å². The van der Waals surface area contributed by atoms with Crippen molar-refractivity contribution in [1.29, 1.82) is 0 Å². The first-order chi connectivity index (χ1) is 12.3. The summed E-state index contributed by atoms with van der Waals surface area (Å²) >= 11 is 0. The van der Waals surface area contributed by atoms with Crippen molar-refractivity contribution in [3.05, 3.63) is 46.9 Å². The topological polar surface area (TPSA) is 124 Å². The van der Waals surface area contributed by atoms with Gasteiger partial charge in [0.25, 0.3) is 0 Å². The van der Waals surface area contributed by atoms with Crippen LogP contribution in [0.4, 0.5) is 4.39 Å². The molecule has 4 N–H and O–H groups in total. The molecule has 0 aliphatic carbocycles. The molecule has 1 unspecified atom stereocenters. The van der Waals surface area contributed by atoms with Gasteiger partial charge in [0.2, 0.25) is 5.91 Å². The summed E-state index contributed by atoms with van der Waals surface area (Å²) in [7, 11) is 0. The van der Waals surface area contributed by atoms with Crippen molar-refractivity contribution in [2.24, 2.45) is 0 Å². The fourth-order valence-corrected chi connectivity index (χ4v) is 2.83. The highest BCUT2D eigenvalue weighted by atomic mass is 19.1. The number of nitrogens with one attached hydrogen (secondary N) is 3. The molecule has 0 spiro atoms. The fraction of sp³-hybridized carbons (Fsp3) is 0.294. The normalized spacial score (nSPS) is 12.3. The maximum atomic E-state index is 13.5. The number of benzene rings is 1. The van der Waals surface area contributed by atoms with E-state index in [9.17, 15) is 14.0 Å². The van der Waals surface area contributed by atoms with Gasteiger partial charge in [-0.15, -0.1) is 0 Å². The van der Waals surface area contributed by atoms with Crippen LogP contribution < -0.4 is 5.32 Å². The Morgan fingerprint density at radius 3 is 2.85 bits per heavy atom. The molecule has 1 aromatic carbocycles. The van der Waals surface area contributed by atoms with Gasteiger partial charge >= 0.3 is 5.97 Å². The minimum atomic E-state index is -1.02. The van der Waals surface area contributed by atoms with Crippen LogP contribution in [0.1, 0.15) is 35.9 Å². The predicted octanol–water partition coefficient (Wildman–Crippen LogP) is 1.78.